The van der Waals surface area contributed by atoms with E-state index in [0.717, 1.165) is 10.4 Å². The summed E-state index contributed by atoms with van der Waals surface area (Å²) in [5.41, 5.74) is 0. The SMILES string of the molecule is COc1cc(F)c(S(=O)(=O)N2CC(C)Cn3nccc32)cc1F. The lowest BCUT2D eigenvalue weighted by Crippen LogP contribution is -2.41. The smallest absolute Gasteiger partial charge is 0.268 e. The van der Waals surface area contributed by atoms with Gasteiger partial charge in [-0.3, -0.25) is 0 Å². The first kappa shape index (κ1) is 15.7. The molecule has 0 aliphatic carbocycles. The van der Waals surface area contributed by atoms with Gasteiger partial charge >= 0.3 is 0 Å². The Morgan fingerprint density at radius 1 is 1.26 bits per heavy atom. The Morgan fingerprint density at radius 2 is 2.00 bits per heavy atom. The molecule has 3 rings (SSSR count). The summed E-state index contributed by atoms with van der Waals surface area (Å²) < 4.78 is 60.9. The number of rotatable bonds is 3. The highest BCUT2D eigenvalue weighted by atomic mass is 32.2. The van der Waals surface area contributed by atoms with Gasteiger partial charge in [-0.25, -0.2) is 26.2 Å². The molecule has 0 spiro atoms. The second kappa shape index (κ2) is 5.48. The van der Waals surface area contributed by atoms with E-state index in [1.807, 2.05) is 6.92 Å². The van der Waals surface area contributed by atoms with Crippen LogP contribution in [0.4, 0.5) is 14.6 Å². The van der Waals surface area contributed by atoms with Gasteiger partial charge in [0.1, 0.15) is 16.5 Å². The van der Waals surface area contributed by atoms with Crippen molar-refractivity contribution in [2.75, 3.05) is 18.0 Å². The van der Waals surface area contributed by atoms with Crippen molar-refractivity contribution >= 4 is 15.8 Å². The summed E-state index contributed by atoms with van der Waals surface area (Å²) in [5.74, 6) is -2.03. The monoisotopic (exact) mass is 343 g/mol. The molecule has 1 unspecified atom stereocenters. The van der Waals surface area contributed by atoms with Gasteiger partial charge in [-0.05, 0) is 5.92 Å². The first-order chi connectivity index (χ1) is 10.8. The van der Waals surface area contributed by atoms with Crippen molar-refractivity contribution in [1.29, 1.82) is 0 Å². The van der Waals surface area contributed by atoms with Gasteiger partial charge in [0, 0.05) is 31.3 Å². The van der Waals surface area contributed by atoms with Gasteiger partial charge in [-0.1, -0.05) is 6.92 Å². The fourth-order valence-corrected chi connectivity index (χ4v) is 4.26. The summed E-state index contributed by atoms with van der Waals surface area (Å²) in [5, 5.41) is 4.05. The third kappa shape index (κ3) is 2.54. The number of hydrogen-bond donors (Lipinski definition) is 0. The molecule has 1 aliphatic heterocycles. The molecule has 2 aromatic rings. The third-order valence-corrected chi connectivity index (χ3v) is 5.47. The first-order valence-corrected chi connectivity index (χ1v) is 8.36. The molecule has 0 amide bonds. The average Bonchev–Trinajstić information content (AvgIpc) is 2.96. The normalized spacial score (nSPS) is 17.9. The van der Waals surface area contributed by atoms with Crippen molar-refractivity contribution < 1.29 is 21.9 Å². The Bertz CT molecular complexity index is 851. The van der Waals surface area contributed by atoms with E-state index in [-0.39, 0.29) is 18.2 Å². The molecule has 1 aromatic heterocycles. The predicted octanol–water partition coefficient (Wildman–Crippen LogP) is 2.01. The fraction of sp³-hybridized carbons (Fsp3) is 0.357. The minimum atomic E-state index is -4.25. The zero-order valence-electron chi connectivity index (χ0n) is 12.5. The Morgan fingerprint density at radius 3 is 2.70 bits per heavy atom. The number of hydrogen-bond acceptors (Lipinski definition) is 4. The number of fused-ring (bicyclic) bond motifs is 1. The highest BCUT2D eigenvalue weighted by Crippen LogP contribution is 2.32. The van der Waals surface area contributed by atoms with Crippen molar-refractivity contribution in [2.24, 2.45) is 5.92 Å². The maximum atomic E-state index is 14.2. The zero-order chi connectivity index (χ0) is 16.8. The Kier molecular flexibility index (Phi) is 3.75. The Hall–Kier alpha value is -2.16. The van der Waals surface area contributed by atoms with Gasteiger partial charge < -0.3 is 4.74 Å². The highest BCUT2D eigenvalue weighted by Gasteiger charge is 2.35. The Labute approximate surface area is 132 Å². The fourth-order valence-electron chi connectivity index (χ4n) is 2.61. The standard InChI is InChI=1S/C14H15F2N3O3S/c1-9-7-18-14(3-4-17-18)19(8-9)23(20,21)13-6-10(15)12(22-2)5-11(13)16/h3-6,9H,7-8H2,1-2H3. The van der Waals surface area contributed by atoms with E-state index < -0.39 is 26.6 Å². The first-order valence-electron chi connectivity index (χ1n) is 6.92. The van der Waals surface area contributed by atoms with Crippen LogP contribution in [0.1, 0.15) is 6.92 Å². The van der Waals surface area contributed by atoms with E-state index in [0.29, 0.717) is 18.4 Å². The molecule has 1 aromatic carbocycles. The van der Waals surface area contributed by atoms with Crippen molar-refractivity contribution in [3.63, 3.8) is 0 Å². The molecule has 0 saturated heterocycles. The highest BCUT2D eigenvalue weighted by molar-refractivity contribution is 7.92. The van der Waals surface area contributed by atoms with Crippen LogP contribution in [-0.2, 0) is 16.6 Å². The van der Waals surface area contributed by atoms with Crippen LogP contribution in [-0.4, -0.2) is 31.9 Å². The number of nitrogens with zero attached hydrogens (tertiary/aromatic N) is 3. The molecule has 0 saturated carbocycles. The van der Waals surface area contributed by atoms with E-state index in [9.17, 15) is 17.2 Å². The number of methoxy groups -OCH3 is 1. The number of sulfonamides is 1. The van der Waals surface area contributed by atoms with Gasteiger partial charge in [-0.15, -0.1) is 0 Å². The van der Waals surface area contributed by atoms with Crippen LogP contribution >= 0.6 is 0 Å². The topological polar surface area (TPSA) is 64.4 Å². The molecule has 0 N–H and O–H groups in total. The number of aromatic nitrogens is 2. The van der Waals surface area contributed by atoms with Crippen LogP contribution in [0.5, 0.6) is 5.75 Å². The Balaban J connectivity index is 2.12. The van der Waals surface area contributed by atoms with E-state index in [4.69, 9.17) is 0 Å². The zero-order valence-corrected chi connectivity index (χ0v) is 13.3. The van der Waals surface area contributed by atoms with E-state index >= 15 is 0 Å². The van der Waals surface area contributed by atoms with Crippen molar-refractivity contribution in [3.8, 4) is 5.75 Å². The van der Waals surface area contributed by atoms with Crippen LogP contribution in [0.2, 0.25) is 0 Å². The van der Waals surface area contributed by atoms with Gasteiger partial charge in [0.25, 0.3) is 10.0 Å². The summed E-state index contributed by atoms with van der Waals surface area (Å²) in [7, 11) is -3.08. The number of benzene rings is 1. The maximum absolute atomic E-state index is 14.2. The second-order valence-electron chi connectivity index (χ2n) is 5.43. The van der Waals surface area contributed by atoms with Gasteiger partial charge in [0.15, 0.2) is 11.6 Å². The van der Waals surface area contributed by atoms with Gasteiger partial charge in [-0.2, -0.15) is 5.10 Å². The lowest BCUT2D eigenvalue weighted by Gasteiger charge is -2.32. The third-order valence-electron chi connectivity index (χ3n) is 3.69. The quantitative estimate of drug-likeness (QED) is 0.855. The molecule has 0 radical (unpaired) electrons. The van der Waals surface area contributed by atoms with Crippen LogP contribution in [0.25, 0.3) is 0 Å². The van der Waals surface area contributed by atoms with Crippen LogP contribution < -0.4 is 9.04 Å². The van der Waals surface area contributed by atoms with Crippen LogP contribution in [0.3, 0.4) is 0 Å². The second-order valence-corrected chi connectivity index (χ2v) is 7.26. The molecule has 0 fully saturated rings. The molecule has 124 valence electrons. The van der Waals surface area contributed by atoms with E-state index in [1.165, 1.54) is 24.1 Å². The van der Waals surface area contributed by atoms with Crippen molar-refractivity contribution in [2.45, 2.75) is 18.4 Å². The molecule has 0 bridgehead atoms. The lowest BCUT2D eigenvalue weighted by molar-refractivity contribution is 0.380. The minimum absolute atomic E-state index is 0.0108. The van der Waals surface area contributed by atoms with E-state index in [2.05, 4.69) is 9.84 Å². The molecular weight excluding hydrogens is 328 g/mol. The van der Waals surface area contributed by atoms with Crippen LogP contribution in [0.15, 0.2) is 29.3 Å². The van der Waals surface area contributed by atoms with Gasteiger partial charge in [0.05, 0.1) is 13.3 Å². The molecule has 9 heteroatoms. The molecule has 1 atom stereocenters. The van der Waals surface area contributed by atoms with Crippen molar-refractivity contribution in [1.82, 2.24) is 9.78 Å². The molecule has 23 heavy (non-hydrogen) atoms. The average molecular weight is 343 g/mol. The molecule has 2 heterocycles. The summed E-state index contributed by atoms with van der Waals surface area (Å²) in [6.45, 7) is 2.59. The number of ether oxygens (including phenoxy) is 1. The summed E-state index contributed by atoms with van der Waals surface area (Å²) in [6, 6.07) is 2.90. The van der Waals surface area contributed by atoms with Crippen LogP contribution in [0, 0.1) is 17.6 Å². The predicted molar refractivity (Wildman–Crippen MR) is 78.8 cm³/mol. The minimum Gasteiger partial charge on any atom is -0.494 e. The summed E-state index contributed by atoms with van der Waals surface area (Å²) in [6.07, 6.45) is 1.47. The summed E-state index contributed by atoms with van der Waals surface area (Å²) in [4.78, 5) is -0.724. The molecular formula is C14H15F2N3O3S. The number of anilines is 1. The molecule has 6 nitrogen and oxygen atoms in total. The molecule has 1 aliphatic rings. The number of halogens is 2. The summed E-state index contributed by atoms with van der Waals surface area (Å²) >= 11 is 0. The van der Waals surface area contributed by atoms with Gasteiger partial charge in [0.2, 0.25) is 0 Å². The van der Waals surface area contributed by atoms with E-state index in [1.54, 1.807) is 0 Å². The van der Waals surface area contributed by atoms with Crippen molar-refractivity contribution in [3.05, 3.63) is 36.0 Å². The maximum Gasteiger partial charge on any atom is 0.268 e. The lowest BCUT2D eigenvalue weighted by atomic mass is 10.1. The largest absolute Gasteiger partial charge is 0.494 e.